The molecule has 0 spiro atoms. The molecule has 148 valence electrons. The van der Waals surface area contributed by atoms with Gasteiger partial charge in [-0.15, -0.1) is 0 Å². The average Bonchev–Trinajstić information content (AvgIpc) is 2.70. The van der Waals surface area contributed by atoms with E-state index in [1.54, 1.807) is 54.6 Å². The number of hydrogen-bond donors (Lipinski definition) is 1. The van der Waals surface area contributed by atoms with E-state index in [2.05, 4.69) is 5.32 Å². The second kappa shape index (κ2) is 7.71. The van der Waals surface area contributed by atoms with E-state index in [0.29, 0.717) is 26.9 Å². The zero-order valence-electron chi connectivity index (χ0n) is 15.1. The molecule has 3 aromatic carbocycles. The number of anilines is 1. The first-order chi connectivity index (χ1) is 13.9. The minimum atomic E-state index is -3.86. The van der Waals surface area contributed by atoms with Crippen molar-refractivity contribution in [2.75, 3.05) is 10.8 Å². The number of nitrogens with zero attached hydrogens (tertiary/aromatic N) is 1. The molecule has 5 nitrogen and oxygen atoms in total. The lowest BCUT2D eigenvalue weighted by molar-refractivity contribution is -0.119. The summed E-state index contributed by atoms with van der Waals surface area (Å²) in [5.41, 5.74) is 2.57. The molecular formula is C21H16Cl2N2O3S. The molecule has 29 heavy (non-hydrogen) atoms. The Bertz CT molecular complexity index is 1210. The highest BCUT2D eigenvalue weighted by Crippen LogP contribution is 2.42. The van der Waals surface area contributed by atoms with Crippen molar-refractivity contribution in [3.8, 4) is 11.1 Å². The average molecular weight is 447 g/mol. The number of sulfonamides is 1. The summed E-state index contributed by atoms with van der Waals surface area (Å²) < 4.78 is 27.5. The van der Waals surface area contributed by atoms with Crippen LogP contribution in [0, 0.1) is 0 Å². The molecular weight excluding hydrogens is 431 g/mol. The zero-order valence-corrected chi connectivity index (χ0v) is 17.4. The van der Waals surface area contributed by atoms with Gasteiger partial charge in [0.25, 0.3) is 10.0 Å². The third-order valence-electron chi connectivity index (χ3n) is 4.70. The fourth-order valence-corrected chi connectivity index (χ4v) is 5.42. The van der Waals surface area contributed by atoms with Crippen LogP contribution in [0.15, 0.2) is 71.6 Å². The van der Waals surface area contributed by atoms with Gasteiger partial charge in [0.05, 0.1) is 10.6 Å². The van der Waals surface area contributed by atoms with E-state index in [9.17, 15) is 13.2 Å². The maximum absolute atomic E-state index is 13.2. The Morgan fingerprint density at radius 1 is 0.931 bits per heavy atom. The molecule has 0 aliphatic carbocycles. The van der Waals surface area contributed by atoms with Gasteiger partial charge in [0.15, 0.2) is 0 Å². The predicted octanol–water partition coefficient (Wildman–Crippen LogP) is 4.49. The number of carbonyl (C=O) groups is 1. The summed E-state index contributed by atoms with van der Waals surface area (Å²) in [6, 6.07) is 18.9. The Balaban J connectivity index is 1.60. The van der Waals surface area contributed by atoms with Gasteiger partial charge in [-0.1, -0.05) is 65.7 Å². The highest BCUT2D eigenvalue weighted by atomic mass is 35.5. The van der Waals surface area contributed by atoms with Crippen LogP contribution in [0.25, 0.3) is 11.1 Å². The number of rotatable bonds is 4. The summed E-state index contributed by atoms with van der Waals surface area (Å²) in [7, 11) is -3.86. The van der Waals surface area contributed by atoms with E-state index < -0.39 is 15.9 Å². The van der Waals surface area contributed by atoms with Crippen LogP contribution in [-0.2, 0) is 21.4 Å². The Morgan fingerprint density at radius 2 is 1.62 bits per heavy atom. The van der Waals surface area contributed by atoms with E-state index >= 15 is 0 Å². The van der Waals surface area contributed by atoms with Crippen LogP contribution in [0.5, 0.6) is 0 Å². The van der Waals surface area contributed by atoms with Crippen molar-refractivity contribution in [2.24, 2.45) is 0 Å². The normalized spacial score (nSPS) is 14.1. The van der Waals surface area contributed by atoms with Gasteiger partial charge in [-0.3, -0.25) is 9.10 Å². The molecule has 1 aliphatic rings. The SMILES string of the molecule is O=C(CN1c2ccccc2-c2ccccc2S1(=O)=O)NCc1ccc(Cl)cc1Cl. The lowest BCUT2D eigenvalue weighted by atomic mass is 10.0. The van der Waals surface area contributed by atoms with Gasteiger partial charge in [0.1, 0.15) is 6.54 Å². The third kappa shape index (κ3) is 3.71. The van der Waals surface area contributed by atoms with Gasteiger partial charge in [-0.25, -0.2) is 8.42 Å². The number of nitrogens with one attached hydrogen (secondary N) is 1. The number of carbonyl (C=O) groups excluding carboxylic acids is 1. The molecule has 3 aromatic rings. The van der Waals surface area contributed by atoms with Gasteiger partial charge in [0.2, 0.25) is 5.91 Å². The lowest BCUT2D eigenvalue weighted by Crippen LogP contribution is -2.42. The van der Waals surface area contributed by atoms with Gasteiger partial charge in [-0.2, -0.15) is 0 Å². The van der Waals surface area contributed by atoms with E-state index in [1.165, 1.54) is 0 Å². The van der Waals surface area contributed by atoms with E-state index in [0.717, 1.165) is 9.87 Å². The summed E-state index contributed by atoms with van der Waals surface area (Å²) in [5.74, 6) is -0.436. The Labute approximate surface area is 178 Å². The summed E-state index contributed by atoms with van der Waals surface area (Å²) >= 11 is 12.0. The highest BCUT2D eigenvalue weighted by Gasteiger charge is 2.35. The number of halogens is 2. The molecule has 0 saturated heterocycles. The smallest absolute Gasteiger partial charge is 0.265 e. The largest absolute Gasteiger partial charge is 0.350 e. The monoisotopic (exact) mass is 446 g/mol. The lowest BCUT2D eigenvalue weighted by Gasteiger charge is -2.31. The van der Waals surface area contributed by atoms with Crippen LogP contribution in [0.4, 0.5) is 5.69 Å². The number of hydrogen-bond acceptors (Lipinski definition) is 3. The van der Waals surface area contributed by atoms with Gasteiger partial charge in [0, 0.05) is 27.7 Å². The summed E-state index contributed by atoms with van der Waals surface area (Å²) in [6.07, 6.45) is 0. The summed E-state index contributed by atoms with van der Waals surface area (Å²) in [4.78, 5) is 12.8. The summed E-state index contributed by atoms with van der Waals surface area (Å²) in [6.45, 7) is -0.167. The third-order valence-corrected chi connectivity index (χ3v) is 7.10. The van der Waals surface area contributed by atoms with Crippen molar-refractivity contribution in [3.05, 3.63) is 82.3 Å². The molecule has 4 rings (SSSR count). The van der Waals surface area contributed by atoms with Crippen molar-refractivity contribution in [1.29, 1.82) is 0 Å². The first kappa shape index (κ1) is 19.8. The Hall–Kier alpha value is -2.54. The second-order valence-corrected chi connectivity index (χ2v) is 9.21. The number of amides is 1. The standard InChI is InChI=1S/C21H16Cl2N2O3S/c22-15-10-9-14(18(23)11-15)12-24-21(26)13-25-19-7-3-1-5-16(19)17-6-2-4-8-20(17)29(25,27)28/h1-11H,12-13H2,(H,24,26). The van der Waals surface area contributed by atoms with Crippen molar-refractivity contribution < 1.29 is 13.2 Å². The highest BCUT2D eigenvalue weighted by molar-refractivity contribution is 7.93. The molecule has 0 aromatic heterocycles. The van der Waals surface area contributed by atoms with Crippen LogP contribution < -0.4 is 9.62 Å². The molecule has 1 heterocycles. The second-order valence-electron chi connectivity index (χ2n) is 6.54. The molecule has 0 radical (unpaired) electrons. The quantitative estimate of drug-likeness (QED) is 0.641. The molecule has 8 heteroatoms. The minimum absolute atomic E-state index is 0.168. The Morgan fingerprint density at radius 3 is 2.38 bits per heavy atom. The van der Waals surface area contributed by atoms with Crippen molar-refractivity contribution in [2.45, 2.75) is 11.4 Å². The predicted molar refractivity (Wildman–Crippen MR) is 115 cm³/mol. The maximum atomic E-state index is 13.2. The van der Waals surface area contributed by atoms with Gasteiger partial charge < -0.3 is 5.32 Å². The van der Waals surface area contributed by atoms with E-state index in [-0.39, 0.29) is 18.0 Å². The van der Waals surface area contributed by atoms with Crippen molar-refractivity contribution in [1.82, 2.24) is 5.32 Å². The molecule has 0 bridgehead atoms. The number of para-hydroxylation sites is 1. The molecule has 1 N–H and O–H groups in total. The molecule has 0 fully saturated rings. The maximum Gasteiger partial charge on any atom is 0.265 e. The van der Waals surface area contributed by atoms with Crippen molar-refractivity contribution >= 4 is 44.8 Å². The minimum Gasteiger partial charge on any atom is -0.350 e. The number of fused-ring (bicyclic) bond motifs is 3. The van der Waals surface area contributed by atoms with Crippen LogP contribution in [0.3, 0.4) is 0 Å². The molecule has 0 unspecified atom stereocenters. The van der Waals surface area contributed by atoms with Crippen LogP contribution in [-0.4, -0.2) is 20.9 Å². The first-order valence-electron chi connectivity index (χ1n) is 8.80. The topological polar surface area (TPSA) is 66.5 Å². The van der Waals surface area contributed by atoms with E-state index in [4.69, 9.17) is 23.2 Å². The van der Waals surface area contributed by atoms with Crippen LogP contribution in [0.1, 0.15) is 5.56 Å². The Kier molecular flexibility index (Phi) is 5.25. The number of benzene rings is 3. The van der Waals surface area contributed by atoms with Gasteiger partial charge >= 0.3 is 0 Å². The fourth-order valence-electron chi connectivity index (χ4n) is 3.30. The molecule has 0 atom stereocenters. The van der Waals surface area contributed by atoms with Gasteiger partial charge in [-0.05, 0) is 29.8 Å². The fraction of sp³-hybridized carbons (Fsp3) is 0.0952. The van der Waals surface area contributed by atoms with Crippen molar-refractivity contribution in [3.63, 3.8) is 0 Å². The molecule has 0 saturated carbocycles. The molecule has 1 amide bonds. The van der Waals surface area contributed by atoms with Crippen LogP contribution >= 0.6 is 23.2 Å². The zero-order chi connectivity index (χ0) is 20.6. The van der Waals surface area contributed by atoms with E-state index in [1.807, 2.05) is 12.1 Å². The summed E-state index contributed by atoms with van der Waals surface area (Å²) in [5, 5.41) is 3.66. The van der Waals surface area contributed by atoms with Crippen LogP contribution in [0.2, 0.25) is 10.0 Å². The first-order valence-corrected chi connectivity index (χ1v) is 11.0. The molecule has 1 aliphatic heterocycles.